The quantitative estimate of drug-likeness (QED) is 0.498. The molecular formula is C22H20N3NaO4S. The van der Waals surface area contributed by atoms with E-state index in [1.165, 1.54) is 0 Å². The minimum Gasteiger partial charge on any atom is -0.585 e. The summed E-state index contributed by atoms with van der Waals surface area (Å²) in [6.07, 6.45) is 1.11. The molecule has 3 aromatic rings. The van der Waals surface area contributed by atoms with Crippen LogP contribution in [0.5, 0.6) is 5.75 Å². The summed E-state index contributed by atoms with van der Waals surface area (Å²) in [5.74, 6) is 1.03. The zero-order valence-electron chi connectivity index (χ0n) is 17.4. The van der Waals surface area contributed by atoms with Crippen molar-refractivity contribution in [1.82, 2.24) is 9.55 Å². The third-order valence-electron chi connectivity index (χ3n) is 4.90. The van der Waals surface area contributed by atoms with Crippen molar-refractivity contribution in [3.63, 3.8) is 0 Å². The number of hydrogen-bond acceptors (Lipinski definition) is 6. The summed E-state index contributed by atoms with van der Waals surface area (Å²) in [4.78, 5) is 40.3. The SMILES string of the molecule is CCc1nc2ccccc2c(=O)n1CCOc1ccc(CC2SC(=O)[N-]C2=O)cc1.[Na+]. The molecule has 1 saturated heterocycles. The van der Waals surface area contributed by atoms with Gasteiger partial charge in [0, 0.05) is 6.42 Å². The van der Waals surface area contributed by atoms with Gasteiger partial charge in [-0.05, 0) is 36.2 Å². The average Bonchev–Trinajstić information content (AvgIpc) is 3.07. The molecule has 2 heterocycles. The molecular weight excluding hydrogens is 425 g/mol. The van der Waals surface area contributed by atoms with Crippen LogP contribution in [0, 0.1) is 0 Å². The van der Waals surface area contributed by atoms with Crippen molar-refractivity contribution in [2.75, 3.05) is 6.61 Å². The number of aromatic nitrogens is 2. The molecule has 2 aromatic carbocycles. The first-order chi connectivity index (χ1) is 14.5. The van der Waals surface area contributed by atoms with Gasteiger partial charge in [-0.1, -0.05) is 43.0 Å². The number of para-hydroxylation sites is 1. The average molecular weight is 445 g/mol. The summed E-state index contributed by atoms with van der Waals surface area (Å²) in [6, 6.07) is 14.7. The molecule has 0 aliphatic carbocycles. The number of thioether (sulfide) groups is 1. The summed E-state index contributed by atoms with van der Waals surface area (Å²) in [7, 11) is 0. The van der Waals surface area contributed by atoms with Crippen molar-refractivity contribution < 1.29 is 43.9 Å². The van der Waals surface area contributed by atoms with Crippen molar-refractivity contribution in [3.8, 4) is 5.75 Å². The largest absolute Gasteiger partial charge is 1.00 e. The Bertz CT molecular complexity index is 1160. The van der Waals surface area contributed by atoms with Crippen molar-refractivity contribution in [1.29, 1.82) is 0 Å². The van der Waals surface area contributed by atoms with Gasteiger partial charge in [0.25, 0.3) is 5.56 Å². The number of amides is 2. The molecule has 1 aliphatic rings. The zero-order chi connectivity index (χ0) is 21.1. The molecule has 1 aromatic heterocycles. The maximum atomic E-state index is 12.8. The molecule has 154 valence electrons. The van der Waals surface area contributed by atoms with E-state index < -0.39 is 10.5 Å². The topological polar surface area (TPSA) is 92.4 Å². The Balaban J connectivity index is 0.00000272. The van der Waals surface area contributed by atoms with Gasteiger partial charge in [-0.25, -0.2) is 4.98 Å². The fraction of sp³-hybridized carbons (Fsp3) is 0.273. The Hall–Kier alpha value is -2.13. The number of carbonyl (C=O) groups is 2. The Labute approximate surface area is 205 Å². The molecule has 1 atom stereocenters. The number of carbonyl (C=O) groups excluding carboxylic acids is 2. The molecule has 4 rings (SSSR count). The first-order valence-corrected chi connectivity index (χ1v) is 10.6. The van der Waals surface area contributed by atoms with Crippen molar-refractivity contribution in [2.45, 2.75) is 31.6 Å². The molecule has 31 heavy (non-hydrogen) atoms. The number of aryl methyl sites for hydroxylation is 1. The van der Waals surface area contributed by atoms with E-state index in [9.17, 15) is 14.4 Å². The maximum absolute atomic E-state index is 12.8. The van der Waals surface area contributed by atoms with Crippen LogP contribution in [-0.2, 0) is 24.2 Å². The van der Waals surface area contributed by atoms with Gasteiger partial charge >= 0.3 is 29.6 Å². The van der Waals surface area contributed by atoms with Crippen LogP contribution in [0.25, 0.3) is 16.2 Å². The maximum Gasteiger partial charge on any atom is 1.00 e. The molecule has 7 nitrogen and oxygen atoms in total. The van der Waals surface area contributed by atoms with Crippen LogP contribution in [0.15, 0.2) is 53.3 Å². The second-order valence-electron chi connectivity index (χ2n) is 6.87. The minimum absolute atomic E-state index is 0. The van der Waals surface area contributed by atoms with E-state index in [4.69, 9.17) is 4.74 Å². The molecule has 0 radical (unpaired) electrons. The number of hydrogen-bond donors (Lipinski definition) is 0. The van der Waals surface area contributed by atoms with E-state index >= 15 is 0 Å². The Kier molecular flexibility index (Phi) is 7.94. The molecule has 0 bridgehead atoms. The number of fused-ring (bicyclic) bond motifs is 1. The smallest absolute Gasteiger partial charge is 0.585 e. The summed E-state index contributed by atoms with van der Waals surface area (Å²) >= 11 is 0.965. The van der Waals surface area contributed by atoms with Crippen LogP contribution in [0.4, 0.5) is 4.79 Å². The molecule has 1 fully saturated rings. The van der Waals surface area contributed by atoms with E-state index in [1.807, 2.05) is 49.4 Å². The Morgan fingerprint density at radius 3 is 2.52 bits per heavy atom. The normalized spacial score (nSPS) is 15.6. The summed E-state index contributed by atoms with van der Waals surface area (Å²) < 4.78 is 7.47. The van der Waals surface area contributed by atoms with Gasteiger partial charge in [0.05, 0.1) is 28.6 Å². The third kappa shape index (κ3) is 5.38. The second-order valence-corrected chi connectivity index (χ2v) is 8.03. The van der Waals surface area contributed by atoms with E-state index in [2.05, 4.69) is 10.3 Å². The van der Waals surface area contributed by atoms with Crippen LogP contribution in [0.3, 0.4) is 0 Å². The van der Waals surface area contributed by atoms with Gasteiger partial charge in [-0.2, -0.15) is 0 Å². The van der Waals surface area contributed by atoms with E-state index in [0.717, 1.165) is 23.1 Å². The number of ether oxygens (including phenoxy) is 1. The first-order valence-electron chi connectivity index (χ1n) is 9.71. The van der Waals surface area contributed by atoms with E-state index in [1.54, 1.807) is 10.6 Å². The predicted octanol–water partition coefficient (Wildman–Crippen LogP) is 0.720. The Morgan fingerprint density at radius 2 is 1.84 bits per heavy atom. The molecule has 9 heteroatoms. The van der Waals surface area contributed by atoms with Gasteiger partial charge in [0.1, 0.15) is 23.4 Å². The zero-order valence-corrected chi connectivity index (χ0v) is 20.2. The van der Waals surface area contributed by atoms with E-state index in [-0.39, 0.29) is 41.0 Å². The van der Waals surface area contributed by atoms with Crippen molar-refractivity contribution in [3.05, 3.63) is 75.6 Å². The molecule has 2 amide bonds. The standard InChI is InChI=1S/C22H21N3O4S.Na/c1-2-19-23-17-6-4-3-5-16(17)21(27)25(19)11-12-29-15-9-7-14(8-10-15)13-18-20(26)24-22(28)30-18;/h3-10,18H,2,11-13H2,1H3,(H,24,26,28);/q;+1/p-1. The molecule has 0 N–H and O–H groups in total. The van der Waals surface area contributed by atoms with Crippen molar-refractivity contribution >= 4 is 33.8 Å². The third-order valence-corrected chi connectivity index (χ3v) is 5.85. The van der Waals surface area contributed by atoms with Crippen LogP contribution in [-0.4, -0.2) is 32.6 Å². The van der Waals surface area contributed by atoms with Crippen LogP contribution in [0.2, 0.25) is 0 Å². The van der Waals surface area contributed by atoms with Crippen LogP contribution >= 0.6 is 11.8 Å². The number of rotatable bonds is 7. The fourth-order valence-corrected chi connectivity index (χ4v) is 4.21. The van der Waals surface area contributed by atoms with Gasteiger partial charge in [0.2, 0.25) is 0 Å². The molecule has 0 saturated carbocycles. The number of benzene rings is 2. The number of imide groups is 1. The minimum atomic E-state index is -0.441. The van der Waals surface area contributed by atoms with Crippen LogP contribution < -0.4 is 39.9 Å². The molecule has 1 aliphatic heterocycles. The van der Waals surface area contributed by atoms with Crippen LogP contribution in [0.1, 0.15) is 18.3 Å². The molecule has 0 spiro atoms. The Morgan fingerprint density at radius 1 is 1.10 bits per heavy atom. The monoisotopic (exact) mass is 445 g/mol. The fourth-order valence-electron chi connectivity index (χ4n) is 3.39. The summed E-state index contributed by atoms with van der Waals surface area (Å²) in [5, 5.41) is 3.16. The van der Waals surface area contributed by atoms with Gasteiger partial charge in [0.15, 0.2) is 0 Å². The van der Waals surface area contributed by atoms with E-state index in [0.29, 0.717) is 42.6 Å². The summed E-state index contributed by atoms with van der Waals surface area (Å²) in [5.41, 5.74) is 1.58. The second kappa shape index (κ2) is 10.5. The first kappa shape index (κ1) is 23.5. The predicted molar refractivity (Wildman–Crippen MR) is 116 cm³/mol. The van der Waals surface area contributed by atoms with Gasteiger partial charge in [-0.15, -0.1) is 0 Å². The molecule has 1 unspecified atom stereocenters. The van der Waals surface area contributed by atoms with Crippen molar-refractivity contribution in [2.24, 2.45) is 0 Å². The van der Waals surface area contributed by atoms with Gasteiger partial charge in [-0.3, -0.25) is 9.36 Å². The van der Waals surface area contributed by atoms with Gasteiger partial charge < -0.3 is 19.6 Å². The number of nitrogens with zero attached hydrogens (tertiary/aromatic N) is 3. The summed E-state index contributed by atoms with van der Waals surface area (Å²) in [6.45, 7) is 2.70.